The highest BCUT2D eigenvalue weighted by molar-refractivity contribution is 5.58. The number of rotatable bonds is 3. The Morgan fingerprint density at radius 3 is 2.63 bits per heavy atom. The number of benzene rings is 1. The molecule has 0 spiro atoms. The van der Waals surface area contributed by atoms with Crippen molar-refractivity contribution in [1.82, 2.24) is 4.98 Å². The largest absolute Gasteiger partial charge is 0.418 e. The quantitative estimate of drug-likeness (QED) is 0.839. The van der Waals surface area contributed by atoms with Gasteiger partial charge in [-0.15, -0.1) is 0 Å². The van der Waals surface area contributed by atoms with Crippen LogP contribution in [0.4, 0.5) is 24.5 Å². The standard InChI is InChI=1S/C13H12F3N3/c14-13(15,16)11-6-10(3-4-12(11)17)19-8-9-2-1-5-18-7-9/h1-7,19H,8,17H2. The predicted octanol–water partition coefficient (Wildman–Crippen LogP) is 3.29. The summed E-state index contributed by atoms with van der Waals surface area (Å²) < 4.78 is 38.0. The molecule has 19 heavy (non-hydrogen) atoms. The number of nitrogen functional groups attached to an aromatic ring is 1. The van der Waals surface area contributed by atoms with E-state index in [1.165, 1.54) is 12.1 Å². The molecule has 0 bridgehead atoms. The molecule has 2 rings (SSSR count). The molecule has 0 amide bonds. The van der Waals surface area contributed by atoms with E-state index >= 15 is 0 Å². The fourth-order valence-electron chi connectivity index (χ4n) is 1.62. The van der Waals surface area contributed by atoms with E-state index in [2.05, 4.69) is 10.3 Å². The van der Waals surface area contributed by atoms with Crippen LogP contribution in [0.3, 0.4) is 0 Å². The molecule has 0 saturated heterocycles. The first-order valence-electron chi connectivity index (χ1n) is 5.56. The minimum atomic E-state index is -4.45. The lowest BCUT2D eigenvalue weighted by atomic mass is 10.1. The van der Waals surface area contributed by atoms with Crippen LogP contribution in [0, 0.1) is 0 Å². The maximum absolute atomic E-state index is 12.7. The smallest absolute Gasteiger partial charge is 0.398 e. The van der Waals surface area contributed by atoms with Crippen molar-refractivity contribution in [3.05, 3.63) is 53.9 Å². The minimum Gasteiger partial charge on any atom is -0.398 e. The number of nitrogens with zero attached hydrogens (tertiary/aromatic N) is 1. The van der Waals surface area contributed by atoms with E-state index in [0.717, 1.165) is 11.6 Å². The Morgan fingerprint density at radius 1 is 1.21 bits per heavy atom. The topological polar surface area (TPSA) is 50.9 Å². The summed E-state index contributed by atoms with van der Waals surface area (Å²) in [6, 6.07) is 7.37. The maximum atomic E-state index is 12.7. The zero-order valence-electron chi connectivity index (χ0n) is 9.91. The van der Waals surface area contributed by atoms with Crippen molar-refractivity contribution in [2.45, 2.75) is 12.7 Å². The molecule has 1 heterocycles. The monoisotopic (exact) mass is 267 g/mol. The molecule has 0 aliphatic carbocycles. The van der Waals surface area contributed by atoms with Crippen LogP contribution >= 0.6 is 0 Å². The third kappa shape index (κ3) is 3.37. The van der Waals surface area contributed by atoms with Gasteiger partial charge in [-0.25, -0.2) is 0 Å². The summed E-state index contributed by atoms with van der Waals surface area (Å²) in [4.78, 5) is 3.93. The number of nitrogens with one attached hydrogen (secondary N) is 1. The summed E-state index contributed by atoms with van der Waals surface area (Å²) in [6.07, 6.45) is -1.17. The van der Waals surface area contributed by atoms with Crippen molar-refractivity contribution in [3.63, 3.8) is 0 Å². The number of halogens is 3. The Bertz CT molecular complexity index is 553. The molecule has 2 aromatic rings. The number of hydrogen-bond acceptors (Lipinski definition) is 3. The van der Waals surface area contributed by atoms with Gasteiger partial charge >= 0.3 is 6.18 Å². The average Bonchev–Trinajstić information content (AvgIpc) is 2.37. The first-order chi connectivity index (χ1) is 8.97. The molecule has 0 aliphatic heterocycles. The fraction of sp³-hybridized carbons (Fsp3) is 0.154. The summed E-state index contributed by atoms with van der Waals surface area (Å²) >= 11 is 0. The van der Waals surface area contributed by atoms with Crippen molar-refractivity contribution in [1.29, 1.82) is 0 Å². The third-order valence-corrected chi connectivity index (χ3v) is 2.58. The Balaban J connectivity index is 2.14. The molecular weight excluding hydrogens is 255 g/mol. The van der Waals surface area contributed by atoms with E-state index in [4.69, 9.17) is 5.73 Å². The number of aromatic nitrogens is 1. The Labute approximate surface area is 108 Å². The summed E-state index contributed by atoms with van der Waals surface area (Å²) in [5, 5.41) is 2.91. The van der Waals surface area contributed by atoms with E-state index in [-0.39, 0.29) is 5.69 Å². The zero-order valence-corrected chi connectivity index (χ0v) is 9.91. The summed E-state index contributed by atoms with van der Waals surface area (Å²) in [5.74, 6) is 0. The van der Waals surface area contributed by atoms with Crippen LogP contribution in [0.5, 0.6) is 0 Å². The van der Waals surface area contributed by atoms with Gasteiger partial charge in [-0.3, -0.25) is 4.98 Å². The van der Waals surface area contributed by atoms with Gasteiger partial charge in [-0.2, -0.15) is 13.2 Å². The van der Waals surface area contributed by atoms with E-state index in [1.807, 2.05) is 6.07 Å². The first-order valence-corrected chi connectivity index (χ1v) is 5.56. The summed E-state index contributed by atoms with van der Waals surface area (Å²) in [6.45, 7) is 0.398. The van der Waals surface area contributed by atoms with Gasteiger partial charge in [0.15, 0.2) is 0 Å². The molecule has 3 nitrogen and oxygen atoms in total. The second-order valence-corrected chi connectivity index (χ2v) is 4.01. The lowest BCUT2D eigenvalue weighted by molar-refractivity contribution is -0.136. The summed E-state index contributed by atoms with van der Waals surface area (Å²) in [7, 11) is 0. The highest BCUT2D eigenvalue weighted by Gasteiger charge is 2.33. The fourth-order valence-corrected chi connectivity index (χ4v) is 1.62. The van der Waals surface area contributed by atoms with Crippen LogP contribution in [0.15, 0.2) is 42.7 Å². The molecule has 0 aliphatic rings. The van der Waals surface area contributed by atoms with Crippen LogP contribution in [-0.2, 0) is 12.7 Å². The third-order valence-electron chi connectivity index (χ3n) is 2.58. The second kappa shape index (κ2) is 5.17. The number of hydrogen-bond donors (Lipinski definition) is 2. The van der Waals surface area contributed by atoms with E-state index in [1.54, 1.807) is 18.5 Å². The molecule has 0 atom stereocenters. The second-order valence-electron chi connectivity index (χ2n) is 4.01. The number of alkyl halides is 3. The Kier molecular flexibility index (Phi) is 3.59. The summed E-state index contributed by atoms with van der Waals surface area (Å²) in [5.41, 5.74) is 5.47. The lowest BCUT2D eigenvalue weighted by Crippen LogP contribution is -2.10. The van der Waals surface area contributed by atoms with Crippen molar-refractivity contribution >= 4 is 11.4 Å². The molecule has 1 aromatic carbocycles. The van der Waals surface area contributed by atoms with Gasteiger partial charge in [0.1, 0.15) is 0 Å². The number of nitrogens with two attached hydrogens (primary N) is 1. The SMILES string of the molecule is Nc1ccc(NCc2cccnc2)cc1C(F)(F)F. The van der Waals surface area contributed by atoms with Gasteiger partial charge in [0.05, 0.1) is 5.56 Å². The van der Waals surface area contributed by atoms with Crippen molar-refractivity contribution < 1.29 is 13.2 Å². The van der Waals surface area contributed by atoms with Crippen LogP contribution in [0.1, 0.15) is 11.1 Å². The molecule has 0 unspecified atom stereocenters. The Hall–Kier alpha value is -2.24. The maximum Gasteiger partial charge on any atom is 0.418 e. The predicted molar refractivity (Wildman–Crippen MR) is 67.4 cm³/mol. The van der Waals surface area contributed by atoms with Crippen molar-refractivity contribution in [2.75, 3.05) is 11.1 Å². The van der Waals surface area contributed by atoms with Gasteiger partial charge < -0.3 is 11.1 Å². The van der Waals surface area contributed by atoms with Crippen LogP contribution < -0.4 is 11.1 Å². The highest BCUT2D eigenvalue weighted by Crippen LogP contribution is 2.35. The van der Waals surface area contributed by atoms with Gasteiger partial charge in [0, 0.05) is 30.3 Å². The molecule has 1 aromatic heterocycles. The molecule has 100 valence electrons. The van der Waals surface area contributed by atoms with Gasteiger partial charge in [0.25, 0.3) is 0 Å². The molecule has 0 saturated carbocycles. The van der Waals surface area contributed by atoms with Gasteiger partial charge in [0.2, 0.25) is 0 Å². The first kappa shape index (κ1) is 13.2. The van der Waals surface area contributed by atoms with E-state index in [9.17, 15) is 13.2 Å². The number of pyridine rings is 1. The molecular formula is C13H12F3N3. The Morgan fingerprint density at radius 2 is 2.00 bits per heavy atom. The van der Waals surface area contributed by atoms with Crippen LogP contribution in [0.25, 0.3) is 0 Å². The minimum absolute atomic E-state index is 0.278. The normalized spacial score (nSPS) is 11.3. The lowest BCUT2D eigenvalue weighted by Gasteiger charge is -2.13. The molecule has 6 heteroatoms. The number of anilines is 2. The molecule has 0 radical (unpaired) electrons. The molecule has 0 fully saturated rings. The van der Waals surface area contributed by atoms with Crippen LogP contribution in [-0.4, -0.2) is 4.98 Å². The van der Waals surface area contributed by atoms with Crippen molar-refractivity contribution in [2.24, 2.45) is 0 Å². The van der Waals surface area contributed by atoms with E-state index < -0.39 is 11.7 Å². The van der Waals surface area contributed by atoms with Crippen molar-refractivity contribution in [3.8, 4) is 0 Å². The van der Waals surface area contributed by atoms with E-state index in [0.29, 0.717) is 12.2 Å². The van der Waals surface area contributed by atoms with Gasteiger partial charge in [-0.1, -0.05) is 6.07 Å². The molecule has 3 N–H and O–H groups in total. The average molecular weight is 267 g/mol. The van der Waals surface area contributed by atoms with Gasteiger partial charge in [-0.05, 0) is 29.8 Å². The zero-order chi connectivity index (χ0) is 13.9. The highest BCUT2D eigenvalue weighted by atomic mass is 19.4. The van der Waals surface area contributed by atoms with Crippen LogP contribution in [0.2, 0.25) is 0 Å².